The monoisotopic (exact) mass is 262 g/mol. The van der Waals surface area contributed by atoms with E-state index in [1.54, 1.807) is 0 Å². The van der Waals surface area contributed by atoms with E-state index in [1.807, 2.05) is 0 Å². The van der Waals surface area contributed by atoms with Crippen molar-refractivity contribution >= 4 is 7.82 Å². The summed E-state index contributed by atoms with van der Waals surface area (Å²) in [5.41, 5.74) is 0. The highest BCUT2D eigenvalue weighted by Crippen LogP contribution is 2.44. The summed E-state index contributed by atoms with van der Waals surface area (Å²) < 4.78 is 83.2. The van der Waals surface area contributed by atoms with Gasteiger partial charge >= 0.3 is 20.2 Å². The van der Waals surface area contributed by atoms with Gasteiger partial charge < -0.3 is 9.79 Å². The first-order chi connectivity index (χ1) is 6.31. The molecule has 1 atom stereocenters. The Balaban J connectivity index is 4.70. The summed E-state index contributed by atoms with van der Waals surface area (Å²) in [6.45, 7) is 0. The summed E-state index contributed by atoms with van der Waals surface area (Å²) in [4.78, 5) is 15.9. The van der Waals surface area contributed by atoms with Crippen LogP contribution in [0.1, 0.15) is 6.42 Å². The van der Waals surface area contributed by atoms with Crippen LogP contribution in [0.3, 0.4) is 0 Å². The van der Waals surface area contributed by atoms with Crippen molar-refractivity contribution in [1.29, 1.82) is 0 Å². The molecule has 11 heteroatoms. The molecule has 0 rings (SSSR count). The molecule has 0 saturated carbocycles. The Bertz CT molecular complexity index is 253. The normalized spacial score (nSPS) is 16.5. The fourth-order valence-electron chi connectivity index (χ4n) is 0.589. The molecule has 0 aliphatic rings. The van der Waals surface area contributed by atoms with Gasteiger partial charge in [-0.1, -0.05) is 0 Å². The molecule has 1 unspecified atom stereocenters. The van der Waals surface area contributed by atoms with E-state index in [0.29, 0.717) is 0 Å². The molecule has 0 aromatic rings. The van der Waals surface area contributed by atoms with Gasteiger partial charge in [-0.05, 0) is 0 Å². The molecule has 0 aliphatic heterocycles. The molecule has 0 amide bonds. The van der Waals surface area contributed by atoms with Gasteiger partial charge in [-0.25, -0.2) is 4.57 Å². The minimum Gasteiger partial charge on any atom is -0.303 e. The second kappa shape index (κ2) is 4.28. The predicted molar refractivity (Wildman–Crippen MR) is 33.6 cm³/mol. The Morgan fingerprint density at radius 3 is 1.73 bits per heavy atom. The first-order valence-electron chi connectivity index (χ1n) is 3.19. The maximum atomic E-state index is 11.8. The first kappa shape index (κ1) is 14.7. The highest BCUT2D eigenvalue weighted by Gasteiger charge is 2.50. The van der Waals surface area contributed by atoms with Crippen molar-refractivity contribution in [2.24, 2.45) is 0 Å². The van der Waals surface area contributed by atoms with Gasteiger partial charge in [0.25, 0.3) is 0 Å². The number of phosphoric acid groups is 1. The maximum Gasteiger partial charge on any atom is 0.470 e. The predicted octanol–water partition coefficient (Wildman–Crippen LogP) is 1.98. The zero-order chi connectivity index (χ0) is 12.5. The Kier molecular flexibility index (Phi) is 4.19. The van der Waals surface area contributed by atoms with Gasteiger partial charge in [0.15, 0.2) is 6.10 Å². The van der Waals surface area contributed by atoms with E-state index >= 15 is 0 Å². The van der Waals surface area contributed by atoms with Crippen LogP contribution in [0.5, 0.6) is 0 Å². The molecule has 0 aromatic carbocycles. The van der Waals surface area contributed by atoms with Gasteiger partial charge in [0.05, 0.1) is 6.42 Å². The quantitative estimate of drug-likeness (QED) is 0.602. The summed E-state index contributed by atoms with van der Waals surface area (Å²) in [5.74, 6) is 0. The van der Waals surface area contributed by atoms with E-state index < -0.39 is 32.7 Å². The van der Waals surface area contributed by atoms with Crippen LogP contribution in [-0.2, 0) is 9.09 Å². The molecule has 92 valence electrons. The molecule has 0 radical (unpaired) electrons. The molecule has 15 heavy (non-hydrogen) atoms. The van der Waals surface area contributed by atoms with Crippen LogP contribution >= 0.6 is 7.82 Å². The molecule has 0 heterocycles. The molecule has 0 saturated heterocycles. The van der Waals surface area contributed by atoms with Crippen molar-refractivity contribution in [2.45, 2.75) is 24.9 Å². The van der Waals surface area contributed by atoms with Crippen molar-refractivity contribution in [1.82, 2.24) is 0 Å². The molecular weight excluding hydrogens is 257 g/mol. The summed E-state index contributed by atoms with van der Waals surface area (Å²) in [5, 5.41) is 0. The second-order valence-corrected chi connectivity index (χ2v) is 3.64. The second-order valence-electron chi connectivity index (χ2n) is 2.45. The number of halogens is 6. The van der Waals surface area contributed by atoms with E-state index in [9.17, 15) is 30.9 Å². The van der Waals surface area contributed by atoms with Crippen molar-refractivity contribution < 1.29 is 45.2 Å². The first-order valence-corrected chi connectivity index (χ1v) is 4.72. The van der Waals surface area contributed by atoms with E-state index in [1.165, 1.54) is 0 Å². The molecule has 0 fully saturated rings. The van der Waals surface area contributed by atoms with Gasteiger partial charge in [0, 0.05) is 0 Å². The summed E-state index contributed by atoms with van der Waals surface area (Å²) >= 11 is 0. The van der Waals surface area contributed by atoms with Crippen molar-refractivity contribution in [3.63, 3.8) is 0 Å². The van der Waals surface area contributed by atoms with Crippen molar-refractivity contribution in [3.05, 3.63) is 0 Å². The summed E-state index contributed by atoms with van der Waals surface area (Å²) in [6.07, 6.45) is -16.8. The molecule has 0 bridgehead atoms. The molecular formula is C4H5F6O4P. The maximum absolute atomic E-state index is 11.8. The molecule has 0 aromatic heterocycles. The van der Waals surface area contributed by atoms with Crippen LogP contribution in [0.15, 0.2) is 0 Å². The Hall–Kier alpha value is -0.310. The topological polar surface area (TPSA) is 66.8 Å². The fourth-order valence-corrected chi connectivity index (χ4v) is 1.11. The molecule has 2 N–H and O–H groups in total. The minimum atomic E-state index is -5.62. The molecule has 0 aliphatic carbocycles. The average molecular weight is 262 g/mol. The summed E-state index contributed by atoms with van der Waals surface area (Å²) in [6, 6.07) is 0. The zero-order valence-corrected chi connectivity index (χ0v) is 7.60. The standard InChI is InChI=1S/C4H5F6O4P/c5-3(6,7)1-2(4(8,9)10)14-15(11,12)13/h2H,1H2,(H2,11,12,13). The van der Waals surface area contributed by atoms with Gasteiger partial charge in [0.2, 0.25) is 0 Å². The van der Waals surface area contributed by atoms with E-state index in [-0.39, 0.29) is 0 Å². The van der Waals surface area contributed by atoms with Crippen LogP contribution in [0.2, 0.25) is 0 Å². The third-order valence-electron chi connectivity index (χ3n) is 1.05. The van der Waals surface area contributed by atoms with Crippen molar-refractivity contribution in [3.8, 4) is 0 Å². The van der Waals surface area contributed by atoms with E-state index in [4.69, 9.17) is 9.79 Å². The third kappa shape index (κ3) is 7.60. The highest BCUT2D eigenvalue weighted by atomic mass is 31.2. The number of alkyl halides is 6. The Labute approximate surface area is 79.1 Å². The molecule has 4 nitrogen and oxygen atoms in total. The average Bonchev–Trinajstić information content (AvgIpc) is 1.75. The zero-order valence-electron chi connectivity index (χ0n) is 6.71. The van der Waals surface area contributed by atoms with Gasteiger partial charge in [-0.3, -0.25) is 4.52 Å². The van der Waals surface area contributed by atoms with E-state index in [2.05, 4.69) is 4.52 Å². The lowest BCUT2D eigenvalue weighted by molar-refractivity contribution is -0.237. The van der Waals surface area contributed by atoms with Crippen LogP contribution in [-0.4, -0.2) is 28.2 Å². The SMILES string of the molecule is O=P(O)(O)OC(CC(F)(F)F)C(F)(F)F. The number of hydrogen-bond donors (Lipinski definition) is 2. The highest BCUT2D eigenvalue weighted by molar-refractivity contribution is 7.46. The van der Waals surface area contributed by atoms with Crippen molar-refractivity contribution in [2.75, 3.05) is 0 Å². The van der Waals surface area contributed by atoms with E-state index in [0.717, 1.165) is 0 Å². The van der Waals surface area contributed by atoms with Crippen LogP contribution in [0.4, 0.5) is 26.3 Å². The lowest BCUT2D eigenvalue weighted by Gasteiger charge is -2.21. The van der Waals surface area contributed by atoms with Gasteiger partial charge in [-0.15, -0.1) is 0 Å². The fraction of sp³-hybridized carbons (Fsp3) is 1.00. The molecule has 0 spiro atoms. The van der Waals surface area contributed by atoms with Crippen LogP contribution in [0.25, 0.3) is 0 Å². The van der Waals surface area contributed by atoms with Gasteiger partial charge in [-0.2, -0.15) is 26.3 Å². The Morgan fingerprint density at radius 2 is 1.53 bits per heavy atom. The third-order valence-corrected chi connectivity index (χ3v) is 1.58. The van der Waals surface area contributed by atoms with Crippen LogP contribution < -0.4 is 0 Å². The minimum absolute atomic E-state index is 2.51. The lowest BCUT2D eigenvalue weighted by atomic mass is 10.2. The largest absolute Gasteiger partial charge is 0.470 e. The smallest absolute Gasteiger partial charge is 0.303 e. The Morgan fingerprint density at radius 1 is 1.13 bits per heavy atom. The number of rotatable bonds is 3. The van der Waals surface area contributed by atoms with Crippen LogP contribution in [0, 0.1) is 0 Å². The van der Waals surface area contributed by atoms with Gasteiger partial charge in [0.1, 0.15) is 0 Å². The summed E-state index contributed by atoms with van der Waals surface area (Å²) in [7, 11) is -5.62. The number of phosphoric ester groups is 1. The number of hydrogen-bond acceptors (Lipinski definition) is 2. The lowest BCUT2D eigenvalue weighted by Crippen LogP contribution is -2.35.